The second-order valence-corrected chi connectivity index (χ2v) is 8.16. The minimum absolute atomic E-state index is 0.0235. The van der Waals surface area contributed by atoms with Crippen molar-refractivity contribution < 1.29 is 23.9 Å². The maximum absolute atomic E-state index is 12.5. The lowest BCUT2D eigenvalue weighted by atomic mass is 10.1. The van der Waals surface area contributed by atoms with Crippen LogP contribution in [-0.2, 0) is 25.5 Å². The molecule has 8 heteroatoms. The van der Waals surface area contributed by atoms with Gasteiger partial charge in [0.1, 0.15) is 0 Å². The van der Waals surface area contributed by atoms with Gasteiger partial charge < -0.3 is 15.0 Å². The average Bonchev–Trinajstić information content (AvgIpc) is 3.01. The number of carbonyl (C=O) groups excluding carboxylic acids is 4. The molecule has 2 rings (SSSR count). The molecule has 0 aromatic heterocycles. The number of ether oxygens (including phenoxy) is 1. The normalized spacial score (nSPS) is 17.6. The molecule has 0 bridgehead atoms. The van der Waals surface area contributed by atoms with E-state index in [9.17, 15) is 19.2 Å². The molecule has 0 spiro atoms. The van der Waals surface area contributed by atoms with Gasteiger partial charge >= 0.3 is 12.0 Å². The predicted octanol–water partition coefficient (Wildman–Crippen LogP) is 2.16. The molecule has 0 unspecified atom stereocenters. The van der Waals surface area contributed by atoms with E-state index < -0.39 is 35.5 Å². The summed E-state index contributed by atoms with van der Waals surface area (Å²) in [5.41, 5.74) is 1.31. The minimum atomic E-state index is -1.15. The first kappa shape index (κ1) is 22.4. The Morgan fingerprint density at radius 1 is 1.24 bits per heavy atom. The molecule has 1 saturated heterocycles. The van der Waals surface area contributed by atoms with Gasteiger partial charge in [0.15, 0.2) is 6.10 Å². The summed E-state index contributed by atoms with van der Waals surface area (Å²) in [6.45, 7) is 8.92. The fourth-order valence-electron chi connectivity index (χ4n) is 3.08. The third-order valence-corrected chi connectivity index (χ3v) is 4.51. The van der Waals surface area contributed by atoms with E-state index in [1.807, 2.05) is 31.2 Å². The molecule has 1 aliphatic rings. The van der Waals surface area contributed by atoms with Gasteiger partial charge in [-0.2, -0.15) is 0 Å². The number of aryl methyl sites for hydroxylation is 1. The van der Waals surface area contributed by atoms with Crippen LogP contribution in [0.1, 0.15) is 46.6 Å². The molecule has 1 heterocycles. The van der Waals surface area contributed by atoms with Gasteiger partial charge in [-0.25, -0.2) is 4.79 Å². The first-order valence-corrected chi connectivity index (χ1v) is 9.73. The molecule has 1 aromatic rings. The van der Waals surface area contributed by atoms with Crippen LogP contribution in [0.4, 0.5) is 10.5 Å². The molecular formula is C21H29N3O5. The highest BCUT2D eigenvalue weighted by Gasteiger charge is 2.38. The molecule has 29 heavy (non-hydrogen) atoms. The second-order valence-electron chi connectivity index (χ2n) is 8.16. The van der Waals surface area contributed by atoms with Gasteiger partial charge in [-0.15, -0.1) is 0 Å². The largest absolute Gasteiger partial charge is 0.452 e. The molecule has 1 fully saturated rings. The van der Waals surface area contributed by atoms with Crippen LogP contribution in [0, 0.1) is 5.92 Å². The van der Waals surface area contributed by atoms with Crippen molar-refractivity contribution in [3.63, 3.8) is 0 Å². The van der Waals surface area contributed by atoms with E-state index in [0.29, 0.717) is 0 Å². The van der Waals surface area contributed by atoms with Gasteiger partial charge in [-0.3, -0.25) is 19.7 Å². The lowest BCUT2D eigenvalue weighted by molar-refractivity contribution is -0.158. The highest BCUT2D eigenvalue weighted by molar-refractivity contribution is 6.01. The highest BCUT2D eigenvalue weighted by Crippen LogP contribution is 2.29. The van der Waals surface area contributed by atoms with Crippen LogP contribution in [0.5, 0.6) is 0 Å². The van der Waals surface area contributed by atoms with E-state index >= 15 is 0 Å². The Kier molecular flexibility index (Phi) is 7.00. The Morgan fingerprint density at radius 3 is 2.52 bits per heavy atom. The quantitative estimate of drug-likeness (QED) is 0.733. The van der Waals surface area contributed by atoms with Crippen LogP contribution in [0.2, 0.25) is 0 Å². The summed E-state index contributed by atoms with van der Waals surface area (Å²) in [4.78, 5) is 50.4. The molecule has 8 nitrogen and oxygen atoms in total. The second kappa shape index (κ2) is 9.07. The molecule has 4 amide bonds. The highest BCUT2D eigenvalue weighted by atomic mass is 16.5. The number of anilines is 1. The van der Waals surface area contributed by atoms with E-state index in [0.717, 1.165) is 17.7 Å². The van der Waals surface area contributed by atoms with Crippen molar-refractivity contribution in [2.24, 2.45) is 5.92 Å². The number of nitrogens with zero attached hydrogens (tertiary/aromatic N) is 1. The molecule has 1 aliphatic heterocycles. The van der Waals surface area contributed by atoms with Gasteiger partial charge in [0.25, 0.3) is 5.91 Å². The van der Waals surface area contributed by atoms with Crippen molar-refractivity contribution in [1.29, 1.82) is 0 Å². The van der Waals surface area contributed by atoms with Crippen LogP contribution in [-0.4, -0.2) is 42.0 Å². The zero-order valence-corrected chi connectivity index (χ0v) is 17.6. The lowest BCUT2D eigenvalue weighted by Gasteiger charge is -2.22. The number of rotatable bonds is 5. The van der Waals surface area contributed by atoms with E-state index in [-0.39, 0.29) is 18.9 Å². The number of imide groups is 1. The predicted molar refractivity (Wildman–Crippen MR) is 108 cm³/mol. The van der Waals surface area contributed by atoms with Gasteiger partial charge in [0, 0.05) is 24.2 Å². The fraction of sp³-hybridized carbons (Fsp3) is 0.524. The number of esters is 1. The molecule has 0 saturated carbocycles. The minimum Gasteiger partial charge on any atom is -0.452 e. The summed E-state index contributed by atoms with van der Waals surface area (Å²) >= 11 is 0. The Bertz CT molecular complexity index is 800. The SMILES string of the molecule is CCc1ccccc1N1C[C@@H](C(=O)O[C@@H](C)C(=O)NC(=O)NC(C)(C)C)CC1=O. The lowest BCUT2D eigenvalue weighted by Crippen LogP contribution is -2.50. The smallest absolute Gasteiger partial charge is 0.321 e. The number of para-hydroxylation sites is 1. The van der Waals surface area contributed by atoms with Crippen LogP contribution >= 0.6 is 0 Å². The molecule has 1 aromatic carbocycles. The van der Waals surface area contributed by atoms with Crippen LogP contribution in [0.25, 0.3) is 0 Å². The maximum atomic E-state index is 12.5. The van der Waals surface area contributed by atoms with Gasteiger partial charge in [-0.1, -0.05) is 25.1 Å². The third kappa shape index (κ3) is 6.04. The maximum Gasteiger partial charge on any atom is 0.321 e. The molecule has 0 radical (unpaired) electrons. The molecular weight excluding hydrogens is 374 g/mol. The first-order valence-electron chi connectivity index (χ1n) is 9.73. The number of urea groups is 1. The first-order chi connectivity index (χ1) is 13.5. The fourth-order valence-corrected chi connectivity index (χ4v) is 3.08. The van der Waals surface area contributed by atoms with Crippen LogP contribution < -0.4 is 15.5 Å². The van der Waals surface area contributed by atoms with E-state index in [1.165, 1.54) is 6.92 Å². The number of amides is 4. The summed E-state index contributed by atoms with van der Waals surface area (Å²) in [6.07, 6.45) is -0.362. The average molecular weight is 403 g/mol. The van der Waals surface area contributed by atoms with Crippen molar-refractivity contribution >= 4 is 29.5 Å². The van der Waals surface area contributed by atoms with Crippen LogP contribution in [0.3, 0.4) is 0 Å². The Morgan fingerprint density at radius 2 is 1.90 bits per heavy atom. The molecule has 158 valence electrons. The number of carbonyl (C=O) groups is 4. The standard InChI is InChI=1S/C21H29N3O5/c1-6-14-9-7-8-10-16(14)24-12-15(11-17(24)25)19(27)29-13(2)18(26)22-20(28)23-21(3,4)5/h7-10,13,15H,6,11-12H2,1-5H3,(H2,22,23,26,28)/t13-,15-/m0/s1. The monoisotopic (exact) mass is 403 g/mol. The summed E-state index contributed by atoms with van der Waals surface area (Å²) in [5.74, 6) is -2.17. The van der Waals surface area contributed by atoms with Crippen molar-refractivity contribution in [2.75, 3.05) is 11.4 Å². The topological polar surface area (TPSA) is 105 Å². The Hall–Kier alpha value is -2.90. The summed E-state index contributed by atoms with van der Waals surface area (Å²) in [6, 6.07) is 6.90. The summed E-state index contributed by atoms with van der Waals surface area (Å²) in [5, 5.41) is 4.74. The van der Waals surface area contributed by atoms with Gasteiger partial charge in [0.05, 0.1) is 5.92 Å². The summed E-state index contributed by atoms with van der Waals surface area (Å²) in [7, 11) is 0. The van der Waals surface area contributed by atoms with E-state index in [2.05, 4.69) is 10.6 Å². The number of hydrogen-bond acceptors (Lipinski definition) is 5. The summed E-state index contributed by atoms with van der Waals surface area (Å²) < 4.78 is 5.21. The number of nitrogens with one attached hydrogen (secondary N) is 2. The third-order valence-electron chi connectivity index (χ3n) is 4.51. The zero-order valence-electron chi connectivity index (χ0n) is 17.6. The molecule has 2 atom stereocenters. The van der Waals surface area contributed by atoms with Gasteiger partial charge in [-0.05, 0) is 45.7 Å². The van der Waals surface area contributed by atoms with Gasteiger partial charge in [0.2, 0.25) is 5.91 Å². The number of hydrogen-bond donors (Lipinski definition) is 2. The van der Waals surface area contributed by atoms with Crippen molar-refractivity contribution in [1.82, 2.24) is 10.6 Å². The van der Waals surface area contributed by atoms with Crippen molar-refractivity contribution in [3.8, 4) is 0 Å². The zero-order chi connectivity index (χ0) is 21.8. The Labute approximate surface area is 171 Å². The molecule has 0 aliphatic carbocycles. The Balaban J connectivity index is 1.95. The van der Waals surface area contributed by atoms with E-state index in [4.69, 9.17) is 4.74 Å². The van der Waals surface area contributed by atoms with E-state index in [1.54, 1.807) is 25.7 Å². The van der Waals surface area contributed by atoms with Crippen molar-refractivity contribution in [3.05, 3.63) is 29.8 Å². The molecule has 2 N–H and O–H groups in total. The van der Waals surface area contributed by atoms with Crippen molar-refractivity contribution in [2.45, 2.75) is 59.1 Å². The number of benzene rings is 1. The van der Waals surface area contributed by atoms with Crippen LogP contribution in [0.15, 0.2) is 24.3 Å².